The van der Waals surface area contributed by atoms with Gasteiger partial charge in [0.25, 0.3) is 0 Å². The van der Waals surface area contributed by atoms with Gasteiger partial charge in [-0.15, -0.1) is 0 Å². The fourth-order valence-electron chi connectivity index (χ4n) is 3.44. The first-order chi connectivity index (χ1) is 8.19. The van der Waals surface area contributed by atoms with Crippen LogP contribution in [-0.2, 0) is 10.8 Å². The third-order valence-electron chi connectivity index (χ3n) is 4.06. The van der Waals surface area contributed by atoms with Gasteiger partial charge < -0.3 is 4.74 Å². The zero-order valence-electron chi connectivity index (χ0n) is 12.2. The number of ketones is 1. The predicted octanol–water partition coefficient (Wildman–Crippen LogP) is 3.86. The van der Waals surface area contributed by atoms with Crippen LogP contribution in [0.4, 0.5) is 0 Å². The Morgan fingerprint density at radius 2 is 1.61 bits per heavy atom. The second-order valence-electron chi connectivity index (χ2n) is 6.60. The SMILES string of the molecule is COc1cc2c(cc1C(C)=O)C(C)(C)CC2(C)C. The van der Waals surface area contributed by atoms with Crippen molar-refractivity contribution in [1.29, 1.82) is 0 Å². The normalized spacial score (nSPS) is 19.4. The van der Waals surface area contributed by atoms with E-state index in [9.17, 15) is 4.79 Å². The quantitative estimate of drug-likeness (QED) is 0.741. The topological polar surface area (TPSA) is 26.3 Å². The summed E-state index contributed by atoms with van der Waals surface area (Å²) >= 11 is 0. The summed E-state index contributed by atoms with van der Waals surface area (Å²) in [6.07, 6.45) is 1.10. The first-order valence-electron chi connectivity index (χ1n) is 6.43. The molecule has 0 heterocycles. The number of methoxy groups -OCH3 is 1. The van der Waals surface area contributed by atoms with Crippen LogP contribution in [0.3, 0.4) is 0 Å². The molecular weight excluding hydrogens is 224 g/mol. The Kier molecular flexibility index (Phi) is 2.80. The van der Waals surface area contributed by atoms with Crippen LogP contribution in [-0.4, -0.2) is 12.9 Å². The molecule has 0 saturated carbocycles. The number of hydrogen-bond acceptors (Lipinski definition) is 2. The summed E-state index contributed by atoms with van der Waals surface area (Å²) in [5.74, 6) is 0.766. The molecule has 1 aromatic carbocycles. The van der Waals surface area contributed by atoms with Crippen molar-refractivity contribution in [2.75, 3.05) is 7.11 Å². The molecule has 0 N–H and O–H groups in total. The predicted molar refractivity (Wildman–Crippen MR) is 73.7 cm³/mol. The van der Waals surface area contributed by atoms with Crippen molar-refractivity contribution in [2.45, 2.75) is 51.9 Å². The molecular formula is C16H22O2. The molecule has 1 aromatic rings. The molecule has 0 radical (unpaired) electrons. The molecule has 1 aliphatic rings. The highest BCUT2D eigenvalue weighted by Crippen LogP contribution is 2.50. The maximum atomic E-state index is 11.7. The van der Waals surface area contributed by atoms with Crippen molar-refractivity contribution in [2.24, 2.45) is 0 Å². The van der Waals surface area contributed by atoms with Crippen LogP contribution in [0.5, 0.6) is 5.75 Å². The van der Waals surface area contributed by atoms with E-state index in [1.807, 2.05) is 6.07 Å². The Morgan fingerprint density at radius 1 is 1.11 bits per heavy atom. The van der Waals surface area contributed by atoms with E-state index < -0.39 is 0 Å². The molecule has 0 atom stereocenters. The van der Waals surface area contributed by atoms with E-state index in [0.29, 0.717) is 11.3 Å². The molecule has 0 aliphatic heterocycles. The molecule has 18 heavy (non-hydrogen) atoms. The van der Waals surface area contributed by atoms with Gasteiger partial charge in [-0.25, -0.2) is 0 Å². The van der Waals surface area contributed by atoms with Gasteiger partial charge in [0.15, 0.2) is 5.78 Å². The fourth-order valence-corrected chi connectivity index (χ4v) is 3.44. The van der Waals surface area contributed by atoms with Gasteiger partial charge in [-0.3, -0.25) is 4.79 Å². The second-order valence-corrected chi connectivity index (χ2v) is 6.60. The van der Waals surface area contributed by atoms with Crippen LogP contribution in [0.15, 0.2) is 12.1 Å². The average Bonchev–Trinajstić information content (AvgIpc) is 2.42. The molecule has 0 fully saturated rings. The highest BCUT2D eigenvalue weighted by molar-refractivity contribution is 5.97. The van der Waals surface area contributed by atoms with Gasteiger partial charge in [0, 0.05) is 0 Å². The van der Waals surface area contributed by atoms with Crippen molar-refractivity contribution < 1.29 is 9.53 Å². The third-order valence-corrected chi connectivity index (χ3v) is 4.06. The van der Waals surface area contributed by atoms with Gasteiger partial charge in [0.2, 0.25) is 0 Å². The van der Waals surface area contributed by atoms with E-state index >= 15 is 0 Å². The summed E-state index contributed by atoms with van der Waals surface area (Å²) in [5, 5.41) is 0. The van der Waals surface area contributed by atoms with E-state index in [2.05, 4.69) is 33.8 Å². The van der Waals surface area contributed by atoms with Crippen molar-refractivity contribution in [3.8, 4) is 5.75 Å². The maximum absolute atomic E-state index is 11.7. The molecule has 0 aromatic heterocycles. The lowest BCUT2D eigenvalue weighted by molar-refractivity contribution is 0.101. The first-order valence-corrected chi connectivity index (χ1v) is 6.43. The Bertz CT molecular complexity index is 510. The molecule has 0 unspecified atom stereocenters. The highest BCUT2D eigenvalue weighted by atomic mass is 16.5. The summed E-state index contributed by atoms with van der Waals surface area (Å²) in [5.41, 5.74) is 3.56. The molecule has 0 saturated heterocycles. The van der Waals surface area contributed by atoms with E-state index in [1.54, 1.807) is 14.0 Å². The third kappa shape index (κ3) is 1.84. The van der Waals surface area contributed by atoms with Crippen LogP contribution in [0.2, 0.25) is 0 Å². The number of hydrogen-bond donors (Lipinski definition) is 0. The Morgan fingerprint density at radius 3 is 2.06 bits per heavy atom. The van der Waals surface area contributed by atoms with Crippen LogP contribution >= 0.6 is 0 Å². The zero-order chi connectivity index (χ0) is 13.7. The monoisotopic (exact) mass is 246 g/mol. The van der Waals surface area contributed by atoms with Gasteiger partial charge in [0.05, 0.1) is 12.7 Å². The standard InChI is InChI=1S/C16H22O2/c1-10(17)11-7-12-13(8-14(11)18-6)16(4,5)9-15(12,2)3/h7-8H,9H2,1-6H3. The molecule has 0 spiro atoms. The van der Waals surface area contributed by atoms with E-state index in [0.717, 1.165) is 6.42 Å². The minimum atomic E-state index is 0.0650. The van der Waals surface area contributed by atoms with Gasteiger partial charge in [0.1, 0.15) is 5.75 Å². The number of ether oxygens (including phenoxy) is 1. The molecule has 98 valence electrons. The van der Waals surface area contributed by atoms with E-state index in [4.69, 9.17) is 4.74 Å². The first kappa shape index (κ1) is 13.1. The molecule has 2 nitrogen and oxygen atoms in total. The maximum Gasteiger partial charge on any atom is 0.163 e. The molecule has 0 amide bonds. The lowest BCUT2D eigenvalue weighted by Crippen LogP contribution is -2.18. The fraction of sp³-hybridized carbons (Fsp3) is 0.562. The number of benzene rings is 1. The second kappa shape index (κ2) is 3.84. The van der Waals surface area contributed by atoms with Gasteiger partial charge in [-0.2, -0.15) is 0 Å². The summed E-state index contributed by atoms with van der Waals surface area (Å²) in [4.78, 5) is 11.7. The van der Waals surface area contributed by atoms with Crippen molar-refractivity contribution in [1.82, 2.24) is 0 Å². The Hall–Kier alpha value is -1.31. The van der Waals surface area contributed by atoms with Crippen LogP contribution in [0, 0.1) is 0 Å². The molecule has 1 aliphatic carbocycles. The van der Waals surface area contributed by atoms with Crippen molar-refractivity contribution >= 4 is 5.78 Å². The lowest BCUT2D eigenvalue weighted by Gasteiger charge is -2.22. The number of Topliss-reactive ketones (excluding diaryl/α,β-unsaturated/α-hetero) is 1. The summed E-state index contributed by atoms with van der Waals surface area (Å²) in [6, 6.07) is 4.09. The van der Waals surface area contributed by atoms with Gasteiger partial charge >= 0.3 is 0 Å². The average molecular weight is 246 g/mol. The molecule has 0 bridgehead atoms. The van der Waals surface area contributed by atoms with Crippen LogP contribution in [0.25, 0.3) is 0 Å². The number of carbonyl (C=O) groups is 1. The summed E-state index contributed by atoms with van der Waals surface area (Å²) in [7, 11) is 1.63. The number of carbonyl (C=O) groups excluding carboxylic acids is 1. The minimum absolute atomic E-state index is 0.0650. The molecule has 2 heteroatoms. The highest BCUT2D eigenvalue weighted by Gasteiger charge is 2.42. The minimum Gasteiger partial charge on any atom is -0.496 e. The summed E-state index contributed by atoms with van der Waals surface area (Å²) < 4.78 is 5.37. The number of fused-ring (bicyclic) bond motifs is 1. The van der Waals surface area contributed by atoms with Crippen molar-refractivity contribution in [3.63, 3.8) is 0 Å². The van der Waals surface area contributed by atoms with Crippen LogP contribution in [0.1, 0.15) is 62.5 Å². The number of rotatable bonds is 2. The smallest absolute Gasteiger partial charge is 0.163 e. The lowest BCUT2D eigenvalue weighted by atomic mass is 9.82. The Balaban J connectivity index is 2.72. The zero-order valence-corrected chi connectivity index (χ0v) is 12.2. The molecule has 2 rings (SSSR count). The van der Waals surface area contributed by atoms with E-state index in [1.165, 1.54) is 11.1 Å². The summed E-state index contributed by atoms with van der Waals surface area (Å²) in [6.45, 7) is 10.6. The van der Waals surface area contributed by atoms with Crippen LogP contribution < -0.4 is 4.74 Å². The van der Waals surface area contributed by atoms with Gasteiger partial charge in [-0.05, 0) is 47.4 Å². The largest absolute Gasteiger partial charge is 0.496 e. The van der Waals surface area contributed by atoms with Gasteiger partial charge in [-0.1, -0.05) is 27.7 Å². The van der Waals surface area contributed by atoms with Crippen molar-refractivity contribution in [3.05, 3.63) is 28.8 Å². The Labute approximate surface area is 109 Å². The van der Waals surface area contributed by atoms with E-state index in [-0.39, 0.29) is 16.6 Å².